The minimum Gasteiger partial charge on any atom is -0.257 e. The first-order valence-electron chi connectivity index (χ1n) is 5.21. The molecule has 1 aromatic rings. The zero-order chi connectivity index (χ0) is 10.6. The fourth-order valence-electron chi connectivity index (χ4n) is 1.44. The summed E-state index contributed by atoms with van der Waals surface area (Å²) < 4.78 is 0. The Labute approximate surface area is 86.9 Å². The van der Waals surface area contributed by atoms with Gasteiger partial charge in [-0.3, -0.25) is 4.98 Å². The molecular weight excluding hydrogens is 170 g/mol. The molecule has 0 aliphatic rings. The van der Waals surface area contributed by atoms with Crippen LogP contribution in [0.25, 0.3) is 5.57 Å². The number of aromatic nitrogens is 1. The quantitative estimate of drug-likeness (QED) is 0.706. The van der Waals surface area contributed by atoms with Crippen molar-refractivity contribution in [3.05, 3.63) is 35.7 Å². The Morgan fingerprint density at radius 3 is 2.79 bits per heavy atom. The normalized spacial score (nSPS) is 12.2. The van der Waals surface area contributed by atoms with Gasteiger partial charge in [0.25, 0.3) is 0 Å². The molecule has 1 nitrogen and oxygen atoms in total. The lowest BCUT2D eigenvalue weighted by atomic mass is 10.0. The van der Waals surface area contributed by atoms with Crippen molar-refractivity contribution in [2.75, 3.05) is 0 Å². The minimum atomic E-state index is 0.705. The zero-order valence-electron chi connectivity index (χ0n) is 9.54. The molecule has 0 amide bonds. The zero-order valence-corrected chi connectivity index (χ0v) is 9.54. The van der Waals surface area contributed by atoms with Gasteiger partial charge in [0.1, 0.15) is 0 Å². The summed E-state index contributed by atoms with van der Waals surface area (Å²) in [5, 5.41) is 0. The van der Waals surface area contributed by atoms with E-state index in [0.29, 0.717) is 5.92 Å². The van der Waals surface area contributed by atoms with Gasteiger partial charge in [-0.2, -0.15) is 0 Å². The molecule has 1 rings (SSSR count). The smallest absolute Gasteiger partial charge is 0.0658 e. The first-order valence-corrected chi connectivity index (χ1v) is 5.21. The highest BCUT2D eigenvalue weighted by Gasteiger charge is 2.00. The van der Waals surface area contributed by atoms with Gasteiger partial charge in [0.15, 0.2) is 0 Å². The van der Waals surface area contributed by atoms with Crippen molar-refractivity contribution in [2.45, 2.75) is 34.1 Å². The molecule has 1 heterocycles. The lowest BCUT2D eigenvalue weighted by Gasteiger charge is -2.06. The van der Waals surface area contributed by atoms with E-state index in [1.54, 1.807) is 0 Å². The monoisotopic (exact) mass is 189 g/mol. The number of hydrogen-bond donors (Lipinski definition) is 0. The van der Waals surface area contributed by atoms with Gasteiger partial charge in [0, 0.05) is 6.20 Å². The SMILES string of the molecule is C/C=C(\C)c1cc(CC(C)C)ccn1. The van der Waals surface area contributed by atoms with Crippen molar-refractivity contribution in [2.24, 2.45) is 5.92 Å². The molecular formula is C13H19N. The van der Waals surface area contributed by atoms with Gasteiger partial charge in [-0.25, -0.2) is 0 Å². The van der Waals surface area contributed by atoms with Gasteiger partial charge < -0.3 is 0 Å². The lowest BCUT2D eigenvalue weighted by Crippen LogP contribution is -1.96. The van der Waals surface area contributed by atoms with E-state index < -0.39 is 0 Å². The molecule has 0 atom stereocenters. The van der Waals surface area contributed by atoms with E-state index in [1.165, 1.54) is 11.1 Å². The number of hydrogen-bond acceptors (Lipinski definition) is 1. The molecule has 0 saturated heterocycles. The Morgan fingerprint density at radius 1 is 1.50 bits per heavy atom. The molecule has 1 aromatic heterocycles. The number of allylic oxidation sites excluding steroid dienone is 2. The summed E-state index contributed by atoms with van der Waals surface area (Å²) in [7, 11) is 0. The minimum absolute atomic E-state index is 0.705. The first kappa shape index (κ1) is 11.0. The van der Waals surface area contributed by atoms with Crippen molar-refractivity contribution in [1.29, 1.82) is 0 Å². The summed E-state index contributed by atoms with van der Waals surface area (Å²) >= 11 is 0. The fourth-order valence-corrected chi connectivity index (χ4v) is 1.44. The van der Waals surface area contributed by atoms with Crippen molar-refractivity contribution in [3.63, 3.8) is 0 Å². The number of nitrogens with zero attached hydrogens (tertiary/aromatic N) is 1. The highest BCUT2D eigenvalue weighted by Crippen LogP contribution is 2.14. The molecule has 0 aliphatic heterocycles. The van der Waals surface area contributed by atoms with Crippen molar-refractivity contribution >= 4 is 5.57 Å². The molecule has 0 radical (unpaired) electrons. The Morgan fingerprint density at radius 2 is 2.21 bits per heavy atom. The van der Waals surface area contributed by atoms with Gasteiger partial charge in [-0.1, -0.05) is 19.9 Å². The molecule has 0 aromatic carbocycles. The van der Waals surface area contributed by atoms with E-state index in [-0.39, 0.29) is 0 Å². The van der Waals surface area contributed by atoms with E-state index in [1.807, 2.05) is 13.1 Å². The molecule has 0 fully saturated rings. The summed E-state index contributed by atoms with van der Waals surface area (Å²) in [4.78, 5) is 4.35. The first-order chi connectivity index (χ1) is 6.63. The molecule has 76 valence electrons. The van der Waals surface area contributed by atoms with Crippen molar-refractivity contribution in [1.82, 2.24) is 4.98 Å². The molecule has 1 heteroatoms. The van der Waals surface area contributed by atoms with Gasteiger partial charge in [-0.05, 0) is 49.5 Å². The van der Waals surface area contributed by atoms with Crippen LogP contribution in [0.2, 0.25) is 0 Å². The third-order valence-corrected chi connectivity index (χ3v) is 2.31. The molecule has 0 N–H and O–H groups in total. The van der Waals surface area contributed by atoms with Gasteiger partial charge in [0.2, 0.25) is 0 Å². The highest BCUT2D eigenvalue weighted by atomic mass is 14.7. The summed E-state index contributed by atoms with van der Waals surface area (Å²) in [6.07, 6.45) is 5.13. The van der Waals surface area contributed by atoms with Crippen LogP contribution < -0.4 is 0 Å². The Balaban J connectivity index is 2.90. The molecule has 0 bridgehead atoms. The largest absolute Gasteiger partial charge is 0.257 e. The van der Waals surface area contributed by atoms with Crippen LogP contribution in [0.15, 0.2) is 24.4 Å². The average molecular weight is 189 g/mol. The number of pyridine rings is 1. The maximum absolute atomic E-state index is 4.35. The topological polar surface area (TPSA) is 12.9 Å². The molecule has 0 spiro atoms. The van der Waals surface area contributed by atoms with Crippen LogP contribution >= 0.6 is 0 Å². The molecule has 0 saturated carbocycles. The third kappa shape index (κ3) is 2.99. The van der Waals surface area contributed by atoms with Crippen molar-refractivity contribution in [3.8, 4) is 0 Å². The maximum Gasteiger partial charge on any atom is 0.0658 e. The summed E-state index contributed by atoms with van der Waals surface area (Å²) in [6.45, 7) is 8.62. The van der Waals surface area contributed by atoms with Crippen molar-refractivity contribution < 1.29 is 0 Å². The highest BCUT2D eigenvalue weighted by molar-refractivity contribution is 5.60. The van der Waals surface area contributed by atoms with Crippen LogP contribution in [0.1, 0.15) is 39.0 Å². The fraction of sp³-hybridized carbons (Fsp3) is 0.462. The predicted molar refractivity (Wildman–Crippen MR) is 62.1 cm³/mol. The van der Waals surface area contributed by atoms with Crippen LogP contribution in [0, 0.1) is 5.92 Å². The van der Waals surface area contributed by atoms with E-state index in [9.17, 15) is 0 Å². The summed E-state index contributed by atoms with van der Waals surface area (Å²) in [5.41, 5.74) is 3.73. The molecule has 14 heavy (non-hydrogen) atoms. The Hall–Kier alpha value is -1.11. The molecule has 0 unspecified atom stereocenters. The molecule has 0 aliphatic carbocycles. The van der Waals surface area contributed by atoms with E-state index in [0.717, 1.165) is 12.1 Å². The third-order valence-electron chi connectivity index (χ3n) is 2.31. The van der Waals surface area contributed by atoms with Gasteiger partial charge >= 0.3 is 0 Å². The van der Waals surface area contributed by atoms with Gasteiger partial charge in [-0.15, -0.1) is 0 Å². The van der Waals surface area contributed by atoms with E-state index in [4.69, 9.17) is 0 Å². The summed E-state index contributed by atoms with van der Waals surface area (Å²) in [5.74, 6) is 0.705. The lowest BCUT2D eigenvalue weighted by molar-refractivity contribution is 0.646. The number of rotatable bonds is 3. The predicted octanol–water partition coefficient (Wildman–Crippen LogP) is 3.70. The second-order valence-corrected chi connectivity index (χ2v) is 4.12. The van der Waals surface area contributed by atoms with Crippen LogP contribution in [-0.4, -0.2) is 4.98 Å². The second-order valence-electron chi connectivity index (χ2n) is 4.12. The van der Waals surface area contributed by atoms with E-state index in [2.05, 4.69) is 44.0 Å². The average Bonchev–Trinajstić information content (AvgIpc) is 2.16. The van der Waals surface area contributed by atoms with Crippen LogP contribution in [0.5, 0.6) is 0 Å². The van der Waals surface area contributed by atoms with Crippen LogP contribution in [0.3, 0.4) is 0 Å². The Bertz CT molecular complexity index is 324. The van der Waals surface area contributed by atoms with E-state index >= 15 is 0 Å². The van der Waals surface area contributed by atoms with Crippen LogP contribution in [0.4, 0.5) is 0 Å². The Kier molecular flexibility index (Phi) is 3.87. The summed E-state index contributed by atoms with van der Waals surface area (Å²) in [6, 6.07) is 4.29. The second kappa shape index (κ2) is 4.94. The standard InChI is InChI=1S/C13H19N/c1-5-11(4)13-9-12(6-7-14-13)8-10(2)3/h5-7,9-10H,8H2,1-4H3/b11-5+. The van der Waals surface area contributed by atoms with Gasteiger partial charge in [0.05, 0.1) is 5.69 Å². The van der Waals surface area contributed by atoms with Crippen LogP contribution in [-0.2, 0) is 6.42 Å². The maximum atomic E-state index is 4.35.